The molecule has 16 heavy (non-hydrogen) atoms. The highest BCUT2D eigenvalue weighted by Crippen LogP contribution is 2.16. The first-order chi connectivity index (χ1) is 7.41. The highest BCUT2D eigenvalue weighted by molar-refractivity contribution is 5.97. The first kappa shape index (κ1) is 11.9. The number of hydrogen-bond acceptors (Lipinski definition) is 3. The predicted octanol–water partition coefficient (Wildman–Crippen LogP) is -0.238. The van der Waals surface area contributed by atoms with Crippen LogP contribution in [0.2, 0.25) is 0 Å². The van der Waals surface area contributed by atoms with Gasteiger partial charge in [0.2, 0.25) is 5.91 Å². The molecule has 7 heteroatoms. The van der Waals surface area contributed by atoms with E-state index in [1.54, 1.807) is 0 Å². The van der Waals surface area contributed by atoms with E-state index < -0.39 is 35.6 Å². The lowest BCUT2D eigenvalue weighted by atomic mass is 10.1. The molecule has 2 amide bonds. The third-order valence-corrected chi connectivity index (χ3v) is 1.75. The number of nitrogen functional groups attached to an aromatic ring is 1. The number of amides is 2. The first-order valence-corrected chi connectivity index (χ1v) is 4.23. The number of hydrogen-bond donors (Lipinski definition) is 3. The van der Waals surface area contributed by atoms with E-state index in [-0.39, 0.29) is 5.69 Å². The van der Waals surface area contributed by atoms with Crippen LogP contribution in [0.5, 0.6) is 0 Å². The van der Waals surface area contributed by atoms with Gasteiger partial charge < -0.3 is 16.8 Å². The summed E-state index contributed by atoms with van der Waals surface area (Å²) in [5.74, 6) is -3.68. The normalized spacial score (nSPS) is 9.88. The average molecular weight is 229 g/mol. The van der Waals surface area contributed by atoms with Gasteiger partial charge in [0.1, 0.15) is 11.6 Å². The van der Waals surface area contributed by atoms with Gasteiger partial charge in [-0.1, -0.05) is 0 Å². The fourth-order valence-corrected chi connectivity index (χ4v) is 1.00. The summed E-state index contributed by atoms with van der Waals surface area (Å²) in [6, 6.07) is 1.34. The standard InChI is InChI=1S/C9H9F2N3O2/c10-5-2-6(11)7(12)1-4(5)9(16)14-3-8(13)15/h1-2H,3,12H2,(H2,13,15)(H,14,16). The Morgan fingerprint density at radius 3 is 2.44 bits per heavy atom. The molecule has 0 saturated heterocycles. The summed E-state index contributed by atoms with van der Waals surface area (Å²) in [4.78, 5) is 21.7. The highest BCUT2D eigenvalue weighted by atomic mass is 19.1. The molecule has 0 bridgehead atoms. The van der Waals surface area contributed by atoms with E-state index in [0.29, 0.717) is 6.07 Å². The number of nitrogens with two attached hydrogens (primary N) is 2. The van der Waals surface area contributed by atoms with E-state index in [1.807, 2.05) is 0 Å². The van der Waals surface area contributed by atoms with Gasteiger partial charge >= 0.3 is 0 Å². The molecule has 5 N–H and O–H groups in total. The van der Waals surface area contributed by atoms with Gasteiger partial charge in [-0.2, -0.15) is 0 Å². The van der Waals surface area contributed by atoms with Gasteiger partial charge in [-0.3, -0.25) is 9.59 Å². The number of carbonyl (C=O) groups is 2. The van der Waals surface area contributed by atoms with Crippen molar-refractivity contribution in [2.75, 3.05) is 12.3 Å². The van der Waals surface area contributed by atoms with Crippen molar-refractivity contribution in [3.05, 3.63) is 29.3 Å². The molecule has 0 saturated carbocycles. The summed E-state index contributed by atoms with van der Waals surface area (Å²) < 4.78 is 25.9. The van der Waals surface area contributed by atoms with E-state index in [1.165, 1.54) is 0 Å². The van der Waals surface area contributed by atoms with Crippen LogP contribution in [0, 0.1) is 11.6 Å². The van der Waals surface area contributed by atoms with Crippen molar-refractivity contribution in [3.8, 4) is 0 Å². The molecule has 1 rings (SSSR count). The molecule has 0 unspecified atom stereocenters. The SMILES string of the molecule is NC(=O)CNC(=O)c1cc(N)c(F)cc1F. The van der Waals surface area contributed by atoms with Gasteiger partial charge in [-0.05, 0) is 6.07 Å². The molecule has 0 aliphatic carbocycles. The Hall–Kier alpha value is -2.18. The fourth-order valence-electron chi connectivity index (χ4n) is 1.00. The van der Waals surface area contributed by atoms with Crippen molar-refractivity contribution in [1.29, 1.82) is 0 Å². The zero-order valence-corrected chi connectivity index (χ0v) is 8.09. The van der Waals surface area contributed by atoms with Crippen molar-refractivity contribution in [2.24, 2.45) is 5.73 Å². The molecule has 1 aromatic rings. The minimum atomic E-state index is -1.06. The Morgan fingerprint density at radius 2 is 1.88 bits per heavy atom. The van der Waals surface area contributed by atoms with Gasteiger partial charge in [-0.25, -0.2) is 8.78 Å². The summed E-state index contributed by atoms with van der Waals surface area (Å²) in [6.45, 7) is -0.435. The zero-order chi connectivity index (χ0) is 12.3. The molecule has 86 valence electrons. The molecule has 1 aromatic carbocycles. The number of rotatable bonds is 3. The lowest BCUT2D eigenvalue weighted by Gasteiger charge is -2.05. The first-order valence-electron chi connectivity index (χ1n) is 4.23. The molecule has 0 heterocycles. The molecule has 0 spiro atoms. The van der Waals surface area contributed by atoms with Crippen LogP contribution in [0.1, 0.15) is 10.4 Å². The van der Waals surface area contributed by atoms with Crippen LogP contribution in [-0.4, -0.2) is 18.4 Å². The summed E-state index contributed by atoms with van der Waals surface area (Å²) in [6.07, 6.45) is 0. The second-order valence-electron chi connectivity index (χ2n) is 3.00. The molecule has 0 radical (unpaired) electrons. The van der Waals surface area contributed by atoms with Crippen LogP contribution in [0.15, 0.2) is 12.1 Å². The summed E-state index contributed by atoms with van der Waals surface area (Å²) >= 11 is 0. The number of carbonyl (C=O) groups excluding carboxylic acids is 2. The molecule has 5 nitrogen and oxygen atoms in total. The van der Waals surface area contributed by atoms with Crippen LogP contribution < -0.4 is 16.8 Å². The van der Waals surface area contributed by atoms with Gasteiger partial charge in [-0.15, -0.1) is 0 Å². The van der Waals surface area contributed by atoms with Crippen molar-refractivity contribution in [3.63, 3.8) is 0 Å². The van der Waals surface area contributed by atoms with Crippen LogP contribution >= 0.6 is 0 Å². The Balaban J connectivity index is 2.91. The molecular weight excluding hydrogens is 220 g/mol. The Morgan fingerprint density at radius 1 is 1.25 bits per heavy atom. The Labute approximate surface area is 89.4 Å². The molecule has 0 fully saturated rings. The van der Waals surface area contributed by atoms with E-state index in [4.69, 9.17) is 11.5 Å². The maximum Gasteiger partial charge on any atom is 0.254 e. The number of benzene rings is 1. The van der Waals surface area contributed by atoms with E-state index in [9.17, 15) is 18.4 Å². The van der Waals surface area contributed by atoms with Crippen LogP contribution in [0.3, 0.4) is 0 Å². The summed E-state index contributed by atoms with van der Waals surface area (Å²) in [5.41, 5.74) is 9.15. The summed E-state index contributed by atoms with van der Waals surface area (Å²) in [5, 5.41) is 2.05. The maximum atomic E-state index is 13.1. The number of anilines is 1. The van der Waals surface area contributed by atoms with Crippen LogP contribution in [0.4, 0.5) is 14.5 Å². The highest BCUT2D eigenvalue weighted by Gasteiger charge is 2.14. The number of nitrogens with one attached hydrogen (secondary N) is 1. The zero-order valence-electron chi connectivity index (χ0n) is 8.09. The lowest BCUT2D eigenvalue weighted by Crippen LogP contribution is -2.33. The van der Waals surface area contributed by atoms with Crippen LogP contribution in [-0.2, 0) is 4.79 Å². The van der Waals surface area contributed by atoms with Gasteiger partial charge in [0.25, 0.3) is 5.91 Å². The van der Waals surface area contributed by atoms with Gasteiger partial charge in [0.15, 0.2) is 0 Å². The molecule has 0 aromatic heterocycles. The van der Waals surface area contributed by atoms with Crippen molar-refractivity contribution in [1.82, 2.24) is 5.32 Å². The number of halogens is 2. The number of primary amides is 1. The Kier molecular flexibility index (Phi) is 3.39. The average Bonchev–Trinajstić information content (AvgIpc) is 2.20. The lowest BCUT2D eigenvalue weighted by molar-refractivity contribution is -0.117. The molecule has 0 atom stereocenters. The second kappa shape index (κ2) is 4.56. The smallest absolute Gasteiger partial charge is 0.254 e. The van der Waals surface area contributed by atoms with Crippen molar-refractivity contribution in [2.45, 2.75) is 0 Å². The predicted molar refractivity (Wildman–Crippen MR) is 52.3 cm³/mol. The quantitative estimate of drug-likeness (QED) is 0.624. The fraction of sp³-hybridized carbons (Fsp3) is 0.111. The third-order valence-electron chi connectivity index (χ3n) is 1.75. The van der Waals surface area contributed by atoms with Crippen molar-refractivity contribution >= 4 is 17.5 Å². The summed E-state index contributed by atoms with van der Waals surface area (Å²) in [7, 11) is 0. The topological polar surface area (TPSA) is 98.2 Å². The third kappa shape index (κ3) is 2.66. The van der Waals surface area contributed by atoms with Crippen molar-refractivity contribution < 1.29 is 18.4 Å². The van der Waals surface area contributed by atoms with E-state index in [0.717, 1.165) is 6.07 Å². The minimum Gasteiger partial charge on any atom is -0.396 e. The second-order valence-corrected chi connectivity index (χ2v) is 3.00. The Bertz CT molecular complexity index is 449. The monoisotopic (exact) mass is 229 g/mol. The van der Waals surface area contributed by atoms with E-state index >= 15 is 0 Å². The van der Waals surface area contributed by atoms with E-state index in [2.05, 4.69) is 5.32 Å². The molecule has 0 aliphatic rings. The maximum absolute atomic E-state index is 13.1. The molecule has 0 aliphatic heterocycles. The molecular formula is C9H9F2N3O2. The van der Waals surface area contributed by atoms with Crippen LogP contribution in [0.25, 0.3) is 0 Å². The largest absolute Gasteiger partial charge is 0.396 e. The van der Waals surface area contributed by atoms with Gasteiger partial charge in [0.05, 0.1) is 17.8 Å². The van der Waals surface area contributed by atoms with Gasteiger partial charge in [0, 0.05) is 6.07 Å². The minimum absolute atomic E-state index is 0.356.